The molecular formula is C25H29N3O2. The van der Waals surface area contributed by atoms with Crippen LogP contribution in [0.2, 0.25) is 0 Å². The van der Waals surface area contributed by atoms with Gasteiger partial charge in [-0.1, -0.05) is 30.3 Å². The van der Waals surface area contributed by atoms with E-state index in [1.165, 1.54) is 16.7 Å². The van der Waals surface area contributed by atoms with Crippen LogP contribution in [0.5, 0.6) is 0 Å². The van der Waals surface area contributed by atoms with Crippen LogP contribution in [-0.2, 0) is 17.7 Å². The number of hydrogen-bond acceptors (Lipinski definition) is 4. The SMILES string of the molecule is CN=CC(=CN)c1ccc(Cc2cc3c(cc2C)CN(CC2CCCO2)C3=O)cc1. The molecule has 2 heterocycles. The lowest BCUT2D eigenvalue weighted by atomic mass is 9.95. The van der Waals surface area contributed by atoms with Crippen molar-refractivity contribution >= 4 is 17.7 Å². The Labute approximate surface area is 178 Å². The molecule has 2 aliphatic heterocycles. The largest absolute Gasteiger partial charge is 0.404 e. The van der Waals surface area contributed by atoms with Gasteiger partial charge in [0.05, 0.1) is 6.10 Å². The number of aryl methyl sites for hydroxylation is 1. The van der Waals surface area contributed by atoms with Gasteiger partial charge >= 0.3 is 0 Å². The van der Waals surface area contributed by atoms with E-state index in [0.29, 0.717) is 13.1 Å². The molecule has 2 N–H and O–H groups in total. The maximum Gasteiger partial charge on any atom is 0.254 e. The van der Waals surface area contributed by atoms with Crippen molar-refractivity contribution in [2.75, 3.05) is 20.2 Å². The third kappa shape index (κ3) is 4.17. The van der Waals surface area contributed by atoms with Crippen molar-refractivity contribution in [3.05, 3.63) is 76.0 Å². The average molecular weight is 404 g/mol. The number of fused-ring (bicyclic) bond motifs is 1. The predicted octanol–water partition coefficient (Wildman–Crippen LogP) is 3.72. The molecule has 5 nitrogen and oxygen atoms in total. The van der Waals surface area contributed by atoms with Gasteiger partial charge < -0.3 is 15.4 Å². The predicted molar refractivity (Wildman–Crippen MR) is 121 cm³/mol. The summed E-state index contributed by atoms with van der Waals surface area (Å²) in [6, 6.07) is 12.6. The molecule has 1 saturated heterocycles. The minimum absolute atomic E-state index is 0.133. The Morgan fingerprint density at radius 3 is 2.77 bits per heavy atom. The fourth-order valence-electron chi connectivity index (χ4n) is 4.35. The van der Waals surface area contributed by atoms with Crippen molar-refractivity contribution in [3.8, 4) is 0 Å². The second-order valence-corrected chi connectivity index (χ2v) is 8.14. The first-order valence-electron chi connectivity index (χ1n) is 10.6. The van der Waals surface area contributed by atoms with Gasteiger partial charge in [0.25, 0.3) is 5.91 Å². The maximum atomic E-state index is 13.0. The van der Waals surface area contributed by atoms with E-state index in [9.17, 15) is 4.79 Å². The number of nitrogens with two attached hydrogens (primary N) is 1. The first-order chi connectivity index (χ1) is 14.6. The van der Waals surface area contributed by atoms with Crippen LogP contribution in [0.15, 0.2) is 47.6 Å². The van der Waals surface area contributed by atoms with Crippen LogP contribution in [-0.4, -0.2) is 43.3 Å². The summed E-state index contributed by atoms with van der Waals surface area (Å²) in [6.45, 7) is 4.33. The molecule has 1 atom stereocenters. The first kappa shape index (κ1) is 20.4. The molecule has 2 aromatic rings. The van der Waals surface area contributed by atoms with Crippen LogP contribution in [0, 0.1) is 6.92 Å². The molecule has 0 radical (unpaired) electrons. The van der Waals surface area contributed by atoms with Gasteiger partial charge in [-0.25, -0.2) is 0 Å². The topological polar surface area (TPSA) is 67.9 Å². The third-order valence-corrected chi connectivity index (χ3v) is 6.02. The molecule has 1 unspecified atom stereocenters. The summed E-state index contributed by atoms with van der Waals surface area (Å²) in [6.07, 6.45) is 6.45. The zero-order valence-corrected chi connectivity index (χ0v) is 17.7. The first-order valence-corrected chi connectivity index (χ1v) is 10.6. The number of rotatable bonds is 6. The summed E-state index contributed by atoms with van der Waals surface area (Å²) >= 11 is 0. The third-order valence-electron chi connectivity index (χ3n) is 6.02. The summed E-state index contributed by atoms with van der Waals surface area (Å²) in [5.74, 6) is 0.133. The van der Waals surface area contributed by atoms with Crippen molar-refractivity contribution in [2.24, 2.45) is 10.7 Å². The quantitative estimate of drug-likeness (QED) is 0.748. The Kier molecular flexibility index (Phi) is 6.00. The highest BCUT2D eigenvalue weighted by molar-refractivity contribution is 6.09. The van der Waals surface area contributed by atoms with Crippen LogP contribution in [0.4, 0.5) is 0 Å². The smallest absolute Gasteiger partial charge is 0.254 e. The summed E-state index contributed by atoms with van der Waals surface area (Å²) in [5.41, 5.74) is 13.2. The molecule has 0 saturated carbocycles. The highest BCUT2D eigenvalue weighted by Gasteiger charge is 2.31. The number of nitrogens with zero attached hydrogens (tertiary/aromatic N) is 2. The standard InChI is InChI=1S/C25H29N3O2/c1-17-10-21-15-28(16-23-4-3-9-30-23)25(29)24(21)12-20(17)11-18-5-7-19(8-6-18)22(13-26)14-27-2/h5-8,10,12-14,23H,3-4,9,11,15-16,26H2,1-2H3. The fraction of sp³-hybridized carbons (Fsp3) is 0.360. The van der Waals surface area contributed by atoms with E-state index in [0.717, 1.165) is 48.1 Å². The highest BCUT2D eigenvalue weighted by atomic mass is 16.5. The van der Waals surface area contributed by atoms with Gasteiger partial charge in [0.1, 0.15) is 0 Å². The highest BCUT2D eigenvalue weighted by Crippen LogP contribution is 2.29. The van der Waals surface area contributed by atoms with Gasteiger partial charge in [-0.3, -0.25) is 9.79 Å². The fourth-order valence-corrected chi connectivity index (χ4v) is 4.35. The number of amides is 1. The second kappa shape index (κ2) is 8.84. The number of benzene rings is 2. The van der Waals surface area contributed by atoms with Crippen molar-refractivity contribution < 1.29 is 9.53 Å². The zero-order valence-electron chi connectivity index (χ0n) is 17.7. The van der Waals surface area contributed by atoms with Crippen molar-refractivity contribution in [3.63, 3.8) is 0 Å². The molecule has 0 spiro atoms. The van der Waals surface area contributed by atoms with Crippen LogP contribution in [0.1, 0.15) is 51.0 Å². The van der Waals surface area contributed by atoms with Gasteiger partial charge in [-0.2, -0.15) is 0 Å². The Morgan fingerprint density at radius 1 is 1.30 bits per heavy atom. The normalized spacial score (nSPS) is 19.1. The van der Waals surface area contributed by atoms with E-state index in [2.05, 4.69) is 48.3 Å². The summed E-state index contributed by atoms with van der Waals surface area (Å²) in [5, 5.41) is 0. The van der Waals surface area contributed by atoms with Crippen LogP contribution in [0.25, 0.3) is 5.57 Å². The molecule has 156 valence electrons. The Hall–Kier alpha value is -2.92. The molecular weight excluding hydrogens is 374 g/mol. The number of hydrogen-bond donors (Lipinski definition) is 1. The molecule has 0 bridgehead atoms. The van der Waals surface area contributed by atoms with E-state index in [1.54, 1.807) is 19.5 Å². The lowest BCUT2D eigenvalue weighted by molar-refractivity contribution is 0.0545. The number of allylic oxidation sites excluding steroid dienone is 1. The van der Waals surface area contributed by atoms with Gasteiger partial charge in [0.15, 0.2) is 0 Å². The number of ether oxygens (including phenoxy) is 1. The second-order valence-electron chi connectivity index (χ2n) is 8.14. The molecule has 2 aliphatic rings. The van der Waals surface area contributed by atoms with Gasteiger partial charge in [-0.05, 0) is 60.1 Å². The van der Waals surface area contributed by atoms with Crippen molar-refractivity contribution in [1.82, 2.24) is 4.90 Å². The molecule has 0 aliphatic carbocycles. The Bertz CT molecular complexity index is 986. The van der Waals surface area contributed by atoms with E-state index < -0.39 is 0 Å². The molecule has 0 aromatic heterocycles. The van der Waals surface area contributed by atoms with Crippen molar-refractivity contribution in [2.45, 2.75) is 38.8 Å². The number of carbonyl (C=O) groups excluding carboxylic acids is 1. The maximum absolute atomic E-state index is 13.0. The summed E-state index contributed by atoms with van der Waals surface area (Å²) in [7, 11) is 1.73. The minimum atomic E-state index is 0.133. The molecule has 30 heavy (non-hydrogen) atoms. The van der Waals surface area contributed by atoms with Crippen LogP contribution >= 0.6 is 0 Å². The van der Waals surface area contributed by atoms with Gasteiger partial charge in [0.2, 0.25) is 0 Å². The van der Waals surface area contributed by atoms with Gasteiger partial charge in [0, 0.05) is 50.3 Å². The molecule has 1 fully saturated rings. The van der Waals surface area contributed by atoms with Crippen LogP contribution in [0.3, 0.4) is 0 Å². The van der Waals surface area contributed by atoms with E-state index in [4.69, 9.17) is 10.5 Å². The van der Waals surface area contributed by atoms with Crippen molar-refractivity contribution in [1.29, 1.82) is 0 Å². The average Bonchev–Trinajstić information content (AvgIpc) is 3.36. The minimum Gasteiger partial charge on any atom is -0.404 e. The van der Waals surface area contributed by atoms with Gasteiger partial charge in [-0.15, -0.1) is 0 Å². The van der Waals surface area contributed by atoms with Crippen LogP contribution < -0.4 is 5.73 Å². The monoisotopic (exact) mass is 403 g/mol. The number of carbonyl (C=O) groups is 1. The van der Waals surface area contributed by atoms with E-state index in [1.807, 2.05) is 4.90 Å². The van der Waals surface area contributed by atoms with E-state index >= 15 is 0 Å². The Morgan fingerprint density at radius 2 is 2.10 bits per heavy atom. The molecule has 4 rings (SSSR count). The molecule has 2 aromatic carbocycles. The lowest BCUT2D eigenvalue weighted by Crippen LogP contribution is -2.32. The summed E-state index contributed by atoms with van der Waals surface area (Å²) < 4.78 is 5.72. The molecule has 1 amide bonds. The lowest BCUT2D eigenvalue weighted by Gasteiger charge is -2.19. The number of aliphatic imine (C=N–C) groups is 1. The molecule has 5 heteroatoms. The Balaban J connectivity index is 1.50. The zero-order chi connectivity index (χ0) is 21.1. The summed E-state index contributed by atoms with van der Waals surface area (Å²) in [4.78, 5) is 18.9. The van der Waals surface area contributed by atoms with E-state index in [-0.39, 0.29) is 12.0 Å².